The maximum absolute atomic E-state index is 13.2. The van der Waals surface area contributed by atoms with Crippen LogP contribution in [0.15, 0.2) is 58.5 Å². The summed E-state index contributed by atoms with van der Waals surface area (Å²) in [6.45, 7) is 2.88. The van der Waals surface area contributed by atoms with Gasteiger partial charge >= 0.3 is 0 Å². The molecule has 0 N–H and O–H groups in total. The Morgan fingerprint density at radius 3 is 2.76 bits per heavy atom. The third-order valence-corrected chi connectivity index (χ3v) is 6.11. The van der Waals surface area contributed by atoms with Crippen molar-refractivity contribution in [2.45, 2.75) is 42.8 Å². The van der Waals surface area contributed by atoms with Gasteiger partial charge in [0.25, 0.3) is 5.56 Å². The second kappa shape index (κ2) is 8.47. The van der Waals surface area contributed by atoms with E-state index >= 15 is 0 Å². The van der Waals surface area contributed by atoms with Crippen LogP contribution in [0.1, 0.15) is 30.1 Å². The minimum atomic E-state index is -0.482. The zero-order valence-electron chi connectivity index (χ0n) is 16.0. The van der Waals surface area contributed by atoms with E-state index in [4.69, 9.17) is 4.74 Å². The molecule has 1 saturated heterocycles. The molecule has 1 fully saturated rings. The SMILES string of the molecule is C[C@H](Sc1nc2ccccc2c(=O)n1C[C@H]1CCCO1)C(=O)c1ccc(F)cc1. The van der Waals surface area contributed by atoms with Gasteiger partial charge in [0.1, 0.15) is 5.82 Å². The Morgan fingerprint density at radius 1 is 1.28 bits per heavy atom. The molecule has 1 aliphatic heterocycles. The molecule has 1 aromatic heterocycles. The first-order valence-electron chi connectivity index (χ1n) is 9.60. The Morgan fingerprint density at radius 2 is 2.03 bits per heavy atom. The topological polar surface area (TPSA) is 61.2 Å². The second-order valence-corrected chi connectivity index (χ2v) is 8.40. The molecule has 2 aromatic carbocycles. The van der Waals surface area contributed by atoms with Gasteiger partial charge in [-0.05, 0) is 56.2 Å². The monoisotopic (exact) mass is 412 g/mol. The van der Waals surface area contributed by atoms with Crippen molar-refractivity contribution < 1.29 is 13.9 Å². The van der Waals surface area contributed by atoms with Crippen LogP contribution in [0.25, 0.3) is 10.9 Å². The van der Waals surface area contributed by atoms with Gasteiger partial charge in [-0.1, -0.05) is 23.9 Å². The molecule has 2 atom stereocenters. The van der Waals surface area contributed by atoms with Crippen LogP contribution in [0.2, 0.25) is 0 Å². The molecule has 0 unspecified atom stereocenters. The molecule has 29 heavy (non-hydrogen) atoms. The number of carbonyl (C=O) groups is 1. The van der Waals surface area contributed by atoms with E-state index in [1.807, 2.05) is 12.1 Å². The van der Waals surface area contributed by atoms with Crippen molar-refractivity contribution in [2.75, 3.05) is 6.61 Å². The third kappa shape index (κ3) is 4.26. The summed E-state index contributed by atoms with van der Waals surface area (Å²) in [6.07, 6.45) is 1.84. The molecular formula is C22H21FN2O3S. The number of nitrogens with zero attached hydrogens (tertiary/aromatic N) is 2. The van der Waals surface area contributed by atoms with Crippen LogP contribution >= 0.6 is 11.8 Å². The minimum Gasteiger partial charge on any atom is -0.376 e. The first-order chi connectivity index (χ1) is 14.0. The van der Waals surface area contributed by atoms with Gasteiger partial charge in [0.05, 0.1) is 28.8 Å². The molecule has 4 rings (SSSR count). The molecular weight excluding hydrogens is 391 g/mol. The number of hydrogen-bond donors (Lipinski definition) is 0. The van der Waals surface area contributed by atoms with Crippen molar-refractivity contribution in [1.29, 1.82) is 0 Å². The minimum absolute atomic E-state index is 0.0295. The second-order valence-electron chi connectivity index (χ2n) is 7.09. The number of ether oxygens (including phenoxy) is 1. The highest BCUT2D eigenvalue weighted by atomic mass is 32.2. The van der Waals surface area contributed by atoms with E-state index in [2.05, 4.69) is 4.98 Å². The van der Waals surface area contributed by atoms with E-state index < -0.39 is 5.25 Å². The summed E-state index contributed by atoms with van der Waals surface area (Å²) in [7, 11) is 0. The molecule has 2 heterocycles. The molecule has 5 nitrogen and oxygen atoms in total. The van der Waals surface area contributed by atoms with Gasteiger partial charge in [0, 0.05) is 12.2 Å². The number of ketones is 1. The zero-order chi connectivity index (χ0) is 20.4. The summed E-state index contributed by atoms with van der Waals surface area (Å²) in [5.41, 5.74) is 0.903. The van der Waals surface area contributed by atoms with Crippen LogP contribution in [0, 0.1) is 5.82 Å². The molecule has 150 valence electrons. The Labute approximate surface area is 171 Å². The largest absolute Gasteiger partial charge is 0.376 e. The molecule has 3 aromatic rings. The highest BCUT2D eigenvalue weighted by molar-refractivity contribution is 8.00. The average Bonchev–Trinajstić information content (AvgIpc) is 3.24. The number of carbonyl (C=O) groups excluding carboxylic acids is 1. The van der Waals surface area contributed by atoms with Crippen LogP contribution in [0.4, 0.5) is 4.39 Å². The molecule has 0 radical (unpaired) electrons. The lowest BCUT2D eigenvalue weighted by atomic mass is 10.1. The summed E-state index contributed by atoms with van der Waals surface area (Å²) < 4.78 is 20.5. The number of benzene rings is 2. The van der Waals surface area contributed by atoms with Gasteiger partial charge < -0.3 is 4.74 Å². The maximum atomic E-state index is 13.2. The molecule has 0 aliphatic carbocycles. The molecule has 0 saturated carbocycles. The Hall–Kier alpha value is -2.51. The van der Waals surface area contributed by atoms with Crippen molar-refractivity contribution in [3.63, 3.8) is 0 Å². The van der Waals surface area contributed by atoms with Crippen LogP contribution in [-0.2, 0) is 11.3 Å². The van der Waals surface area contributed by atoms with E-state index in [9.17, 15) is 14.0 Å². The molecule has 1 aliphatic rings. The van der Waals surface area contributed by atoms with E-state index in [-0.39, 0.29) is 23.3 Å². The normalized spacial score (nSPS) is 17.5. The van der Waals surface area contributed by atoms with Crippen molar-refractivity contribution in [3.8, 4) is 0 Å². The maximum Gasteiger partial charge on any atom is 0.262 e. The lowest BCUT2D eigenvalue weighted by molar-refractivity contribution is 0.0937. The highest BCUT2D eigenvalue weighted by Crippen LogP contribution is 2.26. The van der Waals surface area contributed by atoms with Gasteiger partial charge in [-0.3, -0.25) is 14.2 Å². The van der Waals surface area contributed by atoms with E-state index in [1.54, 1.807) is 23.6 Å². The number of Topliss-reactive ketones (excluding diaryl/α,β-unsaturated/α-hetero) is 1. The van der Waals surface area contributed by atoms with E-state index in [0.717, 1.165) is 12.8 Å². The van der Waals surface area contributed by atoms with Crippen molar-refractivity contribution in [3.05, 3.63) is 70.3 Å². The summed E-state index contributed by atoms with van der Waals surface area (Å²) in [5.74, 6) is -0.524. The zero-order valence-corrected chi connectivity index (χ0v) is 16.8. The fourth-order valence-electron chi connectivity index (χ4n) is 3.45. The van der Waals surface area contributed by atoms with E-state index in [1.165, 1.54) is 36.0 Å². The highest BCUT2D eigenvalue weighted by Gasteiger charge is 2.23. The number of halogens is 1. The van der Waals surface area contributed by atoms with Crippen molar-refractivity contribution >= 4 is 28.4 Å². The number of fused-ring (bicyclic) bond motifs is 1. The van der Waals surface area contributed by atoms with Crippen molar-refractivity contribution in [2.24, 2.45) is 0 Å². The molecule has 0 bridgehead atoms. The Kier molecular flexibility index (Phi) is 5.78. The predicted molar refractivity (Wildman–Crippen MR) is 111 cm³/mol. The lowest BCUT2D eigenvalue weighted by Crippen LogP contribution is -2.29. The van der Waals surface area contributed by atoms with Crippen LogP contribution in [0.3, 0.4) is 0 Å². The first-order valence-corrected chi connectivity index (χ1v) is 10.5. The summed E-state index contributed by atoms with van der Waals surface area (Å²) in [6, 6.07) is 12.7. The van der Waals surface area contributed by atoms with Gasteiger partial charge in [0.15, 0.2) is 10.9 Å². The number of rotatable bonds is 6. The van der Waals surface area contributed by atoms with Crippen LogP contribution in [-0.4, -0.2) is 33.3 Å². The molecule has 0 amide bonds. The fraction of sp³-hybridized carbons (Fsp3) is 0.318. The summed E-state index contributed by atoms with van der Waals surface area (Å²) in [5, 5.41) is 0.559. The Balaban J connectivity index is 1.68. The average molecular weight is 412 g/mol. The molecule has 7 heteroatoms. The number of thioether (sulfide) groups is 1. The third-order valence-electron chi connectivity index (χ3n) is 5.02. The summed E-state index contributed by atoms with van der Waals surface area (Å²) >= 11 is 1.24. The van der Waals surface area contributed by atoms with Crippen LogP contribution in [0.5, 0.6) is 0 Å². The number of para-hydroxylation sites is 1. The van der Waals surface area contributed by atoms with Gasteiger partial charge in [0.2, 0.25) is 0 Å². The van der Waals surface area contributed by atoms with E-state index in [0.29, 0.717) is 34.8 Å². The van der Waals surface area contributed by atoms with Crippen LogP contribution < -0.4 is 5.56 Å². The Bertz CT molecular complexity index is 1090. The van der Waals surface area contributed by atoms with Gasteiger partial charge in [-0.25, -0.2) is 9.37 Å². The van der Waals surface area contributed by atoms with Gasteiger partial charge in [-0.2, -0.15) is 0 Å². The quantitative estimate of drug-likeness (QED) is 0.347. The summed E-state index contributed by atoms with van der Waals surface area (Å²) in [4.78, 5) is 30.6. The molecule has 0 spiro atoms. The fourth-order valence-corrected chi connectivity index (χ4v) is 4.45. The number of hydrogen-bond acceptors (Lipinski definition) is 5. The predicted octanol–water partition coefficient (Wildman–Crippen LogP) is 4.08. The lowest BCUT2D eigenvalue weighted by Gasteiger charge is -2.18. The number of aromatic nitrogens is 2. The van der Waals surface area contributed by atoms with Crippen molar-refractivity contribution in [1.82, 2.24) is 9.55 Å². The smallest absolute Gasteiger partial charge is 0.262 e. The first kappa shape index (κ1) is 19.8. The standard InChI is InChI=1S/C22H21FN2O3S/c1-14(20(26)15-8-10-16(23)11-9-15)29-22-24-19-7-3-2-6-18(19)21(27)25(22)13-17-5-4-12-28-17/h2-3,6-11,14,17H,4-5,12-13H2,1H3/t14-,17+/m0/s1. The van der Waals surface area contributed by atoms with Gasteiger partial charge in [-0.15, -0.1) is 0 Å².